The minimum atomic E-state index is -0.800. The minimum Gasteiger partial charge on any atom is -0.462 e. The van der Waals surface area contributed by atoms with Crippen LogP contribution >= 0.6 is 0 Å². The van der Waals surface area contributed by atoms with Gasteiger partial charge in [0.25, 0.3) is 0 Å². The van der Waals surface area contributed by atoms with Crippen LogP contribution in [0.1, 0.15) is 342 Å². The summed E-state index contributed by atoms with van der Waals surface area (Å²) in [5.74, 6) is -0.927. The summed E-state index contributed by atoms with van der Waals surface area (Å²) in [5, 5.41) is 0. The Morgan fingerprint density at radius 3 is 0.771 bits per heavy atom. The number of allylic oxidation sites excluding steroid dienone is 18. The van der Waals surface area contributed by atoms with Gasteiger partial charge in [0.05, 0.1) is 0 Å². The zero-order valence-corrected chi connectivity index (χ0v) is 54.7. The van der Waals surface area contributed by atoms with Crippen LogP contribution in [-0.2, 0) is 28.6 Å². The van der Waals surface area contributed by atoms with E-state index in [0.29, 0.717) is 19.3 Å². The highest BCUT2D eigenvalue weighted by molar-refractivity contribution is 5.71. The third-order valence-electron chi connectivity index (χ3n) is 15.3. The standard InChI is InChI=1S/C77H132O6/c1-4-7-10-13-16-19-22-25-28-30-32-34-36-38-40-42-44-46-49-52-55-58-61-64-67-70-76(79)82-73-74(72-81-75(78)69-66-63-60-57-54-51-48-27-24-21-18-15-12-9-6-3)83-77(80)71-68-65-62-59-56-53-50-47-45-43-41-39-37-35-33-31-29-26-23-20-17-14-11-8-5-2/h7,10,16,18-19,21,25,27-28,32,34,38,40,44,46,48,52,55,74H,4-6,8-9,11-15,17,20,22-24,26,29-31,33,35-37,39,41-43,45,47,49-51,53-54,56-73H2,1-3H3/b10-7-,19-16-,21-18-,28-25-,34-32-,40-38-,46-44-,48-27-,55-52-. The lowest BCUT2D eigenvalue weighted by atomic mass is 10.0. The Bertz CT molecular complexity index is 1660. The van der Waals surface area contributed by atoms with Gasteiger partial charge in [0, 0.05) is 19.3 Å². The summed E-state index contributed by atoms with van der Waals surface area (Å²) in [6.07, 6.45) is 96.9. The Hall–Kier alpha value is -3.93. The summed E-state index contributed by atoms with van der Waals surface area (Å²) in [5.41, 5.74) is 0. The molecule has 0 N–H and O–H groups in total. The normalized spacial score (nSPS) is 12.8. The quantitative estimate of drug-likeness (QED) is 0.0261. The third kappa shape index (κ3) is 68.7. The van der Waals surface area contributed by atoms with Crippen molar-refractivity contribution in [3.05, 3.63) is 109 Å². The first-order valence-electron chi connectivity index (χ1n) is 35.4. The highest BCUT2D eigenvalue weighted by Gasteiger charge is 2.19. The molecule has 1 unspecified atom stereocenters. The molecule has 0 aliphatic rings. The zero-order valence-electron chi connectivity index (χ0n) is 54.7. The lowest BCUT2D eigenvalue weighted by Gasteiger charge is -2.18. The Balaban J connectivity index is 4.39. The van der Waals surface area contributed by atoms with Crippen molar-refractivity contribution in [2.24, 2.45) is 0 Å². The van der Waals surface area contributed by atoms with Gasteiger partial charge in [-0.05, 0) is 109 Å². The molecule has 0 aliphatic carbocycles. The molecule has 6 heteroatoms. The van der Waals surface area contributed by atoms with Crippen LogP contribution in [-0.4, -0.2) is 37.2 Å². The molecule has 0 aromatic carbocycles. The second-order valence-corrected chi connectivity index (χ2v) is 23.4. The number of esters is 3. The lowest BCUT2D eigenvalue weighted by molar-refractivity contribution is -0.167. The molecule has 0 spiro atoms. The number of carbonyl (C=O) groups excluding carboxylic acids is 3. The van der Waals surface area contributed by atoms with Crippen LogP contribution in [0.15, 0.2) is 109 Å². The fraction of sp³-hybridized carbons (Fsp3) is 0.727. The van der Waals surface area contributed by atoms with E-state index in [-0.39, 0.29) is 31.1 Å². The Labute approximate surface area is 514 Å². The number of rotatable bonds is 64. The van der Waals surface area contributed by atoms with Gasteiger partial charge in [0.15, 0.2) is 6.10 Å². The van der Waals surface area contributed by atoms with Crippen molar-refractivity contribution < 1.29 is 28.6 Å². The second kappa shape index (κ2) is 70.6. The molecular weight excluding hydrogens is 1020 g/mol. The van der Waals surface area contributed by atoms with Crippen molar-refractivity contribution in [2.75, 3.05) is 13.2 Å². The number of hydrogen-bond acceptors (Lipinski definition) is 6. The van der Waals surface area contributed by atoms with Gasteiger partial charge in [-0.3, -0.25) is 14.4 Å². The van der Waals surface area contributed by atoms with Crippen molar-refractivity contribution in [3.8, 4) is 0 Å². The van der Waals surface area contributed by atoms with Gasteiger partial charge < -0.3 is 14.2 Å². The number of carbonyl (C=O) groups is 3. The largest absolute Gasteiger partial charge is 0.462 e. The van der Waals surface area contributed by atoms with Gasteiger partial charge in [-0.15, -0.1) is 0 Å². The third-order valence-corrected chi connectivity index (χ3v) is 15.3. The molecule has 6 nitrogen and oxygen atoms in total. The second-order valence-electron chi connectivity index (χ2n) is 23.4. The molecule has 0 fully saturated rings. The van der Waals surface area contributed by atoms with Gasteiger partial charge in [-0.2, -0.15) is 0 Å². The van der Waals surface area contributed by atoms with E-state index in [2.05, 4.69) is 130 Å². The van der Waals surface area contributed by atoms with Gasteiger partial charge in [0.2, 0.25) is 0 Å². The average molecular weight is 1150 g/mol. The molecule has 0 saturated heterocycles. The van der Waals surface area contributed by atoms with E-state index < -0.39 is 6.10 Å². The maximum atomic E-state index is 13.0. The topological polar surface area (TPSA) is 78.9 Å². The first kappa shape index (κ1) is 79.1. The monoisotopic (exact) mass is 1150 g/mol. The maximum absolute atomic E-state index is 13.0. The van der Waals surface area contributed by atoms with Crippen molar-refractivity contribution in [1.82, 2.24) is 0 Å². The summed E-state index contributed by atoms with van der Waals surface area (Å²) >= 11 is 0. The molecule has 83 heavy (non-hydrogen) atoms. The van der Waals surface area contributed by atoms with Crippen molar-refractivity contribution in [1.29, 1.82) is 0 Å². The number of ether oxygens (including phenoxy) is 3. The molecule has 0 saturated carbocycles. The number of unbranched alkanes of at least 4 members (excludes halogenated alkanes) is 35. The van der Waals surface area contributed by atoms with E-state index in [4.69, 9.17) is 14.2 Å². The molecule has 0 aliphatic heterocycles. The first-order chi connectivity index (χ1) is 41.0. The van der Waals surface area contributed by atoms with Crippen molar-refractivity contribution in [2.45, 2.75) is 348 Å². The van der Waals surface area contributed by atoms with Crippen LogP contribution < -0.4 is 0 Å². The van der Waals surface area contributed by atoms with Crippen LogP contribution in [0.3, 0.4) is 0 Å². The van der Waals surface area contributed by atoms with Gasteiger partial charge in [-0.1, -0.05) is 323 Å². The molecule has 0 aromatic rings. The summed E-state index contributed by atoms with van der Waals surface area (Å²) in [4.78, 5) is 38.4. The van der Waals surface area contributed by atoms with Gasteiger partial charge in [0.1, 0.15) is 13.2 Å². The minimum absolute atomic E-state index is 0.0947. The fourth-order valence-electron chi connectivity index (χ4n) is 9.99. The molecule has 0 radical (unpaired) electrons. The van der Waals surface area contributed by atoms with Crippen molar-refractivity contribution in [3.63, 3.8) is 0 Å². The fourth-order valence-corrected chi connectivity index (χ4v) is 9.99. The van der Waals surface area contributed by atoms with Crippen LogP contribution in [0, 0.1) is 0 Å². The molecular formula is C77H132O6. The first-order valence-corrected chi connectivity index (χ1v) is 35.4. The van der Waals surface area contributed by atoms with Crippen LogP contribution in [0.4, 0.5) is 0 Å². The summed E-state index contributed by atoms with van der Waals surface area (Å²) in [7, 11) is 0. The maximum Gasteiger partial charge on any atom is 0.306 e. The molecule has 0 aromatic heterocycles. The summed E-state index contributed by atoms with van der Waals surface area (Å²) < 4.78 is 17.0. The molecule has 0 rings (SSSR count). The lowest BCUT2D eigenvalue weighted by Crippen LogP contribution is -2.30. The highest BCUT2D eigenvalue weighted by Crippen LogP contribution is 2.17. The molecule has 476 valence electrons. The molecule has 1 atom stereocenters. The van der Waals surface area contributed by atoms with Crippen molar-refractivity contribution >= 4 is 17.9 Å². The van der Waals surface area contributed by atoms with Crippen LogP contribution in [0.5, 0.6) is 0 Å². The zero-order chi connectivity index (χ0) is 59.9. The van der Waals surface area contributed by atoms with Gasteiger partial charge in [-0.25, -0.2) is 0 Å². The van der Waals surface area contributed by atoms with Crippen LogP contribution in [0.25, 0.3) is 0 Å². The number of hydrogen-bond donors (Lipinski definition) is 0. The Morgan fingerprint density at radius 1 is 0.253 bits per heavy atom. The molecule has 0 bridgehead atoms. The van der Waals surface area contributed by atoms with E-state index >= 15 is 0 Å². The average Bonchev–Trinajstić information content (AvgIpc) is 3.49. The highest BCUT2D eigenvalue weighted by atomic mass is 16.6. The molecule has 0 amide bonds. The predicted molar refractivity (Wildman–Crippen MR) is 362 cm³/mol. The summed E-state index contributed by atoms with van der Waals surface area (Å²) in [6, 6.07) is 0. The predicted octanol–water partition coefficient (Wildman–Crippen LogP) is 24.6. The smallest absolute Gasteiger partial charge is 0.306 e. The summed E-state index contributed by atoms with van der Waals surface area (Å²) in [6.45, 7) is 6.50. The SMILES string of the molecule is CC/C=C\C/C=C\C/C=C\C/C=C\C/C=C\C/C=C\C/C=C\CCCCCC(=O)OCC(COC(=O)CCCCCCC/C=C\C/C=C\CCCCC)OC(=O)CCCCCCCCCCCCCCCCCCCCCCCCCCC. The van der Waals surface area contributed by atoms with E-state index in [9.17, 15) is 14.4 Å². The van der Waals surface area contributed by atoms with E-state index in [1.54, 1.807) is 0 Å². The van der Waals surface area contributed by atoms with Gasteiger partial charge >= 0.3 is 17.9 Å². The van der Waals surface area contributed by atoms with E-state index in [1.165, 1.54) is 167 Å². The van der Waals surface area contributed by atoms with E-state index in [0.717, 1.165) is 135 Å². The van der Waals surface area contributed by atoms with Crippen LogP contribution in [0.2, 0.25) is 0 Å². The molecule has 0 heterocycles. The Morgan fingerprint density at radius 2 is 0.470 bits per heavy atom. The Kier molecular flexibility index (Phi) is 67.2. The van der Waals surface area contributed by atoms with E-state index in [1.807, 2.05) is 0 Å².